The van der Waals surface area contributed by atoms with Crippen molar-refractivity contribution in [1.82, 2.24) is 5.32 Å². The van der Waals surface area contributed by atoms with E-state index in [2.05, 4.69) is 5.32 Å². The molecule has 3 aromatic carbocycles. The lowest BCUT2D eigenvalue weighted by Gasteiger charge is -2.13. The van der Waals surface area contributed by atoms with Crippen molar-refractivity contribution in [3.63, 3.8) is 0 Å². The van der Waals surface area contributed by atoms with E-state index in [0.29, 0.717) is 11.6 Å². The summed E-state index contributed by atoms with van der Waals surface area (Å²) in [7, 11) is -3.61. The Labute approximate surface area is 172 Å². The van der Waals surface area contributed by atoms with Gasteiger partial charge in [0.2, 0.25) is 0 Å². The van der Waals surface area contributed by atoms with E-state index in [4.69, 9.17) is 0 Å². The summed E-state index contributed by atoms with van der Waals surface area (Å²) < 4.78 is 52.1. The monoisotopic (exact) mass is 426 g/mol. The molecular weight excluding hydrogens is 410 g/mol. The number of carbonyl (C=O) groups excluding carboxylic acids is 1. The third-order valence-corrected chi connectivity index (χ3v) is 6.03. The van der Waals surface area contributed by atoms with Crippen molar-refractivity contribution in [2.45, 2.75) is 16.7 Å². The highest BCUT2D eigenvalue weighted by Gasteiger charge is 2.20. The van der Waals surface area contributed by atoms with Crippen molar-refractivity contribution in [1.29, 1.82) is 5.26 Å². The van der Waals surface area contributed by atoms with Gasteiger partial charge in [-0.25, -0.2) is 17.2 Å². The number of carbonyl (C=O) groups is 1. The van der Waals surface area contributed by atoms with Gasteiger partial charge in [0.15, 0.2) is 9.84 Å². The molecule has 1 atom stereocenters. The second-order valence-corrected chi connectivity index (χ2v) is 8.46. The Morgan fingerprint density at radius 2 is 1.73 bits per heavy atom. The highest BCUT2D eigenvalue weighted by atomic mass is 32.2. The Hall–Kier alpha value is -3.57. The molecular formula is C22H16F2N2O3S. The highest BCUT2D eigenvalue weighted by molar-refractivity contribution is 7.90. The van der Waals surface area contributed by atoms with E-state index in [1.807, 2.05) is 0 Å². The quantitative estimate of drug-likeness (QED) is 0.647. The van der Waals surface area contributed by atoms with Gasteiger partial charge in [0.1, 0.15) is 17.7 Å². The second kappa shape index (κ2) is 8.84. The van der Waals surface area contributed by atoms with Crippen LogP contribution < -0.4 is 5.32 Å². The number of halogens is 2. The number of nitriles is 1. The third kappa shape index (κ3) is 4.88. The van der Waals surface area contributed by atoms with Crippen molar-refractivity contribution >= 4 is 15.7 Å². The number of hydrogen-bond acceptors (Lipinski definition) is 4. The number of rotatable bonds is 6. The number of nitrogens with zero attached hydrogens (tertiary/aromatic N) is 1. The first-order chi connectivity index (χ1) is 14.3. The fourth-order valence-electron chi connectivity index (χ4n) is 2.86. The lowest BCUT2D eigenvalue weighted by atomic mass is 10.1. The van der Waals surface area contributed by atoms with E-state index in [1.165, 1.54) is 30.3 Å². The number of sulfone groups is 1. The molecule has 0 heterocycles. The minimum Gasteiger partial charge on any atom is -0.332 e. The minimum absolute atomic E-state index is 0.110. The van der Waals surface area contributed by atoms with Crippen molar-refractivity contribution in [3.05, 3.63) is 101 Å². The zero-order valence-corrected chi connectivity index (χ0v) is 16.4. The third-order valence-electron chi connectivity index (χ3n) is 4.33. The van der Waals surface area contributed by atoms with Crippen LogP contribution in [0.4, 0.5) is 8.78 Å². The lowest BCUT2D eigenvalue weighted by molar-refractivity contribution is 0.0944. The van der Waals surface area contributed by atoms with Crippen LogP contribution in [-0.2, 0) is 15.6 Å². The van der Waals surface area contributed by atoms with E-state index < -0.39 is 33.4 Å². The number of amides is 1. The highest BCUT2D eigenvalue weighted by Crippen LogP contribution is 2.20. The molecule has 0 aromatic heterocycles. The van der Waals surface area contributed by atoms with Crippen LogP contribution in [0, 0.1) is 23.0 Å². The molecule has 8 heteroatoms. The maximum Gasteiger partial charge on any atom is 0.252 e. The summed E-state index contributed by atoms with van der Waals surface area (Å²) in [5.41, 5.74) is 0.321. The molecule has 1 unspecified atom stereocenters. The summed E-state index contributed by atoms with van der Waals surface area (Å²) in [6, 6.07) is 17.0. The van der Waals surface area contributed by atoms with Crippen molar-refractivity contribution in [2.24, 2.45) is 0 Å². The fraction of sp³-hybridized carbons (Fsp3) is 0.0909. The lowest BCUT2D eigenvalue weighted by Crippen LogP contribution is -2.28. The van der Waals surface area contributed by atoms with Crippen molar-refractivity contribution in [3.8, 4) is 6.07 Å². The topological polar surface area (TPSA) is 87.0 Å². The molecule has 1 N–H and O–H groups in total. The maximum absolute atomic E-state index is 13.9. The van der Waals surface area contributed by atoms with Gasteiger partial charge in [-0.1, -0.05) is 36.4 Å². The molecule has 3 aromatic rings. The van der Waals surface area contributed by atoms with Crippen molar-refractivity contribution in [2.75, 3.05) is 0 Å². The van der Waals surface area contributed by atoms with Gasteiger partial charge in [-0.3, -0.25) is 4.79 Å². The molecule has 0 bridgehead atoms. The predicted octanol–water partition coefficient (Wildman–Crippen LogP) is 3.93. The van der Waals surface area contributed by atoms with Crippen molar-refractivity contribution < 1.29 is 22.0 Å². The minimum atomic E-state index is -3.61. The van der Waals surface area contributed by atoms with Crippen LogP contribution in [0.1, 0.15) is 27.5 Å². The number of benzene rings is 3. The van der Waals surface area contributed by atoms with E-state index in [0.717, 1.165) is 12.1 Å². The SMILES string of the molecule is N#CC(NC(=O)c1cccc(CS(=O)(=O)c2ccccc2)c1)c1ccc(F)cc1F. The van der Waals surface area contributed by atoms with Crippen LogP contribution >= 0.6 is 0 Å². The van der Waals surface area contributed by atoms with Gasteiger partial charge in [0.25, 0.3) is 5.91 Å². The maximum atomic E-state index is 13.9. The van der Waals surface area contributed by atoms with Gasteiger partial charge >= 0.3 is 0 Å². The molecule has 0 radical (unpaired) electrons. The summed E-state index contributed by atoms with van der Waals surface area (Å²) >= 11 is 0. The van der Waals surface area contributed by atoms with E-state index >= 15 is 0 Å². The smallest absolute Gasteiger partial charge is 0.252 e. The van der Waals surface area contributed by atoms with Gasteiger partial charge in [0.05, 0.1) is 16.7 Å². The molecule has 0 saturated heterocycles. The molecule has 0 aliphatic rings. The molecule has 3 rings (SSSR count). The summed E-state index contributed by atoms with van der Waals surface area (Å²) in [4.78, 5) is 12.7. The first kappa shape index (κ1) is 21.1. The van der Waals surface area contributed by atoms with Gasteiger partial charge in [-0.15, -0.1) is 0 Å². The molecule has 1 amide bonds. The molecule has 0 saturated carbocycles. The fourth-order valence-corrected chi connectivity index (χ4v) is 4.22. The van der Waals surface area contributed by atoms with Crippen LogP contribution in [0.5, 0.6) is 0 Å². The molecule has 0 spiro atoms. The first-order valence-electron chi connectivity index (χ1n) is 8.82. The molecule has 152 valence electrons. The Kier molecular flexibility index (Phi) is 6.23. The van der Waals surface area contributed by atoms with Crippen LogP contribution in [0.25, 0.3) is 0 Å². The zero-order chi connectivity index (χ0) is 21.7. The van der Waals surface area contributed by atoms with Gasteiger partial charge in [0, 0.05) is 17.2 Å². The summed E-state index contributed by atoms with van der Waals surface area (Å²) in [5.74, 6) is -2.76. The largest absolute Gasteiger partial charge is 0.332 e. The molecule has 0 aliphatic carbocycles. The Morgan fingerprint density at radius 1 is 1.00 bits per heavy atom. The van der Waals surface area contributed by atoms with Gasteiger partial charge in [-0.2, -0.15) is 5.26 Å². The standard InChI is InChI=1S/C22H16F2N2O3S/c23-17-9-10-19(20(24)12-17)21(13-25)26-22(27)16-6-4-5-15(11-16)14-30(28,29)18-7-2-1-3-8-18/h1-12,21H,14H2,(H,26,27). The summed E-state index contributed by atoms with van der Waals surface area (Å²) in [6.45, 7) is 0. The second-order valence-electron chi connectivity index (χ2n) is 6.47. The van der Waals surface area contributed by atoms with E-state index in [9.17, 15) is 27.3 Å². The number of hydrogen-bond donors (Lipinski definition) is 1. The normalized spacial score (nSPS) is 12.0. The molecule has 0 aliphatic heterocycles. The average molecular weight is 426 g/mol. The van der Waals surface area contributed by atoms with Gasteiger partial charge in [-0.05, 0) is 35.9 Å². The summed E-state index contributed by atoms with van der Waals surface area (Å²) in [6.07, 6.45) is 0. The average Bonchev–Trinajstić information content (AvgIpc) is 2.73. The predicted molar refractivity (Wildman–Crippen MR) is 106 cm³/mol. The van der Waals surface area contributed by atoms with E-state index in [1.54, 1.807) is 30.3 Å². The van der Waals surface area contributed by atoms with Crippen LogP contribution in [0.15, 0.2) is 77.7 Å². The van der Waals surface area contributed by atoms with E-state index in [-0.39, 0.29) is 21.8 Å². The first-order valence-corrected chi connectivity index (χ1v) is 10.5. The van der Waals surface area contributed by atoms with Crippen LogP contribution in [-0.4, -0.2) is 14.3 Å². The Morgan fingerprint density at radius 3 is 2.40 bits per heavy atom. The summed E-state index contributed by atoms with van der Waals surface area (Å²) in [5, 5.41) is 11.7. The van der Waals surface area contributed by atoms with Crippen LogP contribution in [0.3, 0.4) is 0 Å². The molecule has 30 heavy (non-hydrogen) atoms. The van der Waals surface area contributed by atoms with Gasteiger partial charge < -0.3 is 5.32 Å². The molecule has 5 nitrogen and oxygen atoms in total. The number of nitrogens with one attached hydrogen (secondary N) is 1. The van der Waals surface area contributed by atoms with Crippen LogP contribution in [0.2, 0.25) is 0 Å². The Balaban J connectivity index is 1.80. The molecule has 0 fully saturated rings. The zero-order valence-electron chi connectivity index (χ0n) is 15.5. The Bertz CT molecular complexity index is 1220.